The summed E-state index contributed by atoms with van der Waals surface area (Å²) >= 11 is 5.93. The number of halogens is 1. The minimum Gasteiger partial charge on any atom is -0.312 e. The molecule has 1 amide bonds. The number of para-hydroxylation sites is 1. The Hall–Kier alpha value is -1.80. The first-order valence-corrected chi connectivity index (χ1v) is 7.47. The van der Waals surface area contributed by atoms with E-state index < -0.39 is 5.41 Å². The normalized spacial score (nSPS) is 11.2. The number of benzene rings is 2. The first kappa shape index (κ1) is 15.6. The van der Waals surface area contributed by atoms with Crippen LogP contribution in [0.1, 0.15) is 26.3 Å². The highest BCUT2D eigenvalue weighted by Crippen LogP contribution is 2.29. The lowest BCUT2D eigenvalue weighted by molar-refractivity contribution is -0.123. The molecule has 0 aromatic heterocycles. The summed E-state index contributed by atoms with van der Waals surface area (Å²) in [5.41, 5.74) is 1.29. The van der Waals surface area contributed by atoms with Gasteiger partial charge in [0.05, 0.1) is 5.41 Å². The Morgan fingerprint density at radius 1 is 1.05 bits per heavy atom. The monoisotopic (exact) mass is 301 g/mol. The number of nitrogens with zero attached hydrogens (tertiary/aromatic N) is 1. The molecule has 0 atom stereocenters. The van der Waals surface area contributed by atoms with Gasteiger partial charge in [0.1, 0.15) is 0 Å². The summed E-state index contributed by atoms with van der Waals surface area (Å²) in [6, 6.07) is 17.2. The van der Waals surface area contributed by atoms with E-state index in [0.717, 1.165) is 11.3 Å². The molecule has 2 rings (SSSR count). The Bertz CT molecular complexity index is 605. The van der Waals surface area contributed by atoms with Crippen molar-refractivity contribution in [3.8, 4) is 0 Å². The summed E-state index contributed by atoms with van der Waals surface area (Å²) in [7, 11) is 0. The molecule has 0 bridgehead atoms. The Labute approximate surface area is 131 Å². The number of hydrogen-bond donors (Lipinski definition) is 0. The van der Waals surface area contributed by atoms with Gasteiger partial charge in [0.25, 0.3) is 0 Å². The van der Waals surface area contributed by atoms with Crippen LogP contribution in [-0.2, 0) is 10.2 Å². The third-order valence-corrected chi connectivity index (χ3v) is 3.98. The van der Waals surface area contributed by atoms with Crippen molar-refractivity contribution in [3.63, 3.8) is 0 Å². The van der Waals surface area contributed by atoms with Crippen LogP contribution >= 0.6 is 11.6 Å². The van der Waals surface area contributed by atoms with Crippen LogP contribution in [0.5, 0.6) is 0 Å². The average molecular weight is 302 g/mol. The van der Waals surface area contributed by atoms with E-state index in [9.17, 15) is 4.79 Å². The standard InChI is InChI=1S/C18H20ClNO/c1-4-20(16-8-6-5-7-9-16)17(21)18(2,3)14-10-12-15(19)13-11-14/h5-13H,4H2,1-3H3. The van der Waals surface area contributed by atoms with Crippen molar-refractivity contribution in [2.24, 2.45) is 0 Å². The van der Waals surface area contributed by atoms with Crippen LogP contribution in [0.3, 0.4) is 0 Å². The van der Waals surface area contributed by atoms with E-state index in [0.29, 0.717) is 11.6 Å². The number of hydrogen-bond acceptors (Lipinski definition) is 1. The molecule has 0 heterocycles. The Morgan fingerprint density at radius 3 is 2.14 bits per heavy atom. The molecule has 0 radical (unpaired) electrons. The van der Waals surface area contributed by atoms with Crippen LogP contribution in [0.25, 0.3) is 0 Å². The first-order valence-electron chi connectivity index (χ1n) is 7.10. The molecule has 21 heavy (non-hydrogen) atoms. The van der Waals surface area contributed by atoms with E-state index >= 15 is 0 Å². The third kappa shape index (κ3) is 3.27. The zero-order chi connectivity index (χ0) is 15.5. The molecule has 0 aliphatic heterocycles. The molecular weight excluding hydrogens is 282 g/mol. The minimum absolute atomic E-state index is 0.0820. The SMILES string of the molecule is CCN(C(=O)C(C)(C)c1ccc(Cl)cc1)c1ccccc1. The highest BCUT2D eigenvalue weighted by Gasteiger charge is 2.33. The minimum atomic E-state index is -0.601. The molecule has 0 unspecified atom stereocenters. The fraction of sp³-hybridized carbons (Fsp3) is 0.278. The number of anilines is 1. The summed E-state index contributed by atoms with van der Waals surface area (Å²) in [6.07, 6.45) is 0. The Morgan fingerprint density at radius 2 is 1.62 bits per heavy atom. The predicted molar refractivity (Wildman–Crippen MR) is 88.9 cm³/mol. The van der Waals surface area contributed by atoms with Crippen molar-refractivity contribution < 1.29 is 4.79 Å². The lowest BCUT2D eigenvalue weighted by Gasteiger charge is -2.31. The maximum atomic E-state index is 13.0. The first-order chi connectivity index (χ1) is 9.96. The van der Waals surface area contributed by atoms with Gasteiger partial charge in [-0.25, -0.2) is 0 Å². The molecule has 0 aliphatic rings. The van der Waals surface area contributed by atoms with Gasteiger partial charge in [-0.3, -0.25) is 4.79 Å². The molecular formula is C18H20ClNO. The fourth-order valence-electron chi connectivity index (χ4n) is 2.38. The van der Waals surface area contributed by atoms with Crippen molar-refractivity contribution in [1.82, 2.24) is 0 Å². The highest BCUT2D eigenvalue weighted by atomic mass is 35.5. The summed E-state index contributed by atoms with van der Waals surface area (Å²) in [5.74, 6) is 0.0820. The number of carbonyl (C=O) groups is 1. The van der Waals surface area contributed by atoms with Crippen LogP contribution in [-0.4, -0.2) is 12.5 Å². The Kier molecular flexibility index (Phi) is 4.69. The van der Waals surface area contributed by atoms with E-state index in [1.807, 2.05) is 80.3 Å². The molecule has 2 aromatic carbocycles. The summed E-state index contributed by atoms with van der Waals surface area (Å²) < 4.78 is 0. The second-order valence-electron chi connectivity index (χ2n) is 5.52. The molecule has 0 fully saturated rings. The van der Waals surface area contributed by atoms with E-state index in [2.05, 4.69) is 0 Å². The maximum absolute atomic E-state index is 13.0. The molecule has 2 nitrogen and oxygen atoms in total. The molecule has 0 saturated heterocycles. The summed E-state index contributed by atoms with van der Waals surface area (Å²) in [4.78, 5) is 14.8. The largest absolute Gasteiger partial charge is 0.312 e. The molecule has 0 spiro atoms. The maximum Gasteiger partial charge on any atom is 0.237 e. The van der Waals surface area contributed by atoms with Crippen molar-refractivity contribution in [2.45, 2.75) is 26.2 Å². The quantitative estimate of drug-likeness (QED) is 0.803. The zero-order valence-corrected chi connectivity index (χ0v) is 13.4. The van der Waals surface area contributed by atoms with Crippen molar-refractivity contribution in [1.29, 1.82) is 0 Å². The molecule has 0 aliphatic carbocycles. The van der Waals surface area contributed by atoms with Gasteiger partial charge in [-0.1, -0.05) is 41.9 Å². The van der Waals surface area contributed by atoms with Gasteiger partial charge in [0.2, 0.25) is 5.91 Å². The molecule has 2 aromatic rings. The second-order valence-corrected chi connectivity index (χ2v) is 5.95. The van der Waals surface area contributed by atoms with Crippen LogP contribution in [0.2, 0.25) is 5.02 Å². The lowest BCUT2D eigenvalue weighted by Crippen LogP contribution is -2.43. The van der Waals surface area contributed by atoms with E-state index in [4.69, 9.17) is 11.6 Å². The van der Waals surface area contributed by atoms with Crippen molar-refractivity contribution >= 4 is 23.2 Å². The van der Waals surface area contributed by atoms with Crippen LogP contribution in [0.4, 0.5) is 5.69 Å². The van der Waals surface area contributed by atoms with Gasteiger partial charge in [-0.2, -0.15) is 0 Å². The van der Waals surface area contributed by atoms with Crippen LogP contribution in [0.15, 0.2) is 54.6 Å². The number of carbonyl (C=O) groups excluding carboxylic acids is 1. The smallest absolute Gasteiger partial charge is 0.237 e. The van der Waals surface area contributed by atoms with Crippen LogP contribution in [0, 0.1) is 0 Å². The zero-order valence-electron chi connectivity index (χ0n) is 12.6. The summed E-state index contributed by atoms with van der Waals surface area (Å²) in [5, 5.41) is 0.678. The van der Waals surface area contributed by atoms with E-state index in [-0.39, 0.29) is 5.91 Å². The summed E-state index contributed by atoms with van der Waals surface area (Å²) in [6.45, 7) is 6.52. The van der Waals surface area contributed by atoms with Crippen LogP contribution < -0.4 is 4.90 Å². The van der Waals surface area contributed by atoms with Crippen molar-refractivity contribution in [3.05, 3.63) is 65.2 Å². The molecule has 0 saturated carbocycles. The highest BCUT2D eigenvalue weighted by molar-refractivity contribution is 6.30. The topological polar surface area (TPSA) is 20.3 Å². The van der Waals surface area contributed by atoms with Gasteiger partial charge in [-0.05, 0) is 50.6 Å². The predicted octanol–water partition coefficient (Wildman–Crippen LogP) is 4.67. The van der Waals surface area contributed by atoms with E-state index in [1.165, 1.54) is 0 Å². The molecule has 110 valence electrons. The van der Waals surface area contributed by atoms with Gasteiger partial charge in [0.15, 0.2) is 0 Å². The third-order valence-electron chi connectivity index (χ3n) is 3.73. The van der Waals surface area contributed by atoms with Gasteiger partial charge in [-0.15, -0.1) is 0 Å². The Balaban J connectivity index is 2.34. The molecule has 3 heteroatoms. The molecule has 0 N–H and O–H groups in total. The van der Waals surface area contributed by atoms with Gasteiger partial charge in [0, 0.05) is 17.3 Å². The number of rotatable bonds is 4. The van der Waals surface area contributed by atoms with E-state index in [1.54, 1.807) is 0 Å². The second kappa shape index (κ2) is 6.31. The van der Waals surface area contributed by atoms with Gasteiger partial charge < -0.3 is 4.90 Å². The number of amides is 1. The lowest BCUT2D eigenvalue weighted by atomic mass is 9.83. The average Bonchev–Trinajstić information content (AvgIpc) is 2.49. The fourth-order valence-corrected chi connectivity index (χ4v) is 2.50. The van der Waals surface area contributed by atoms with Gasteiger partial charge >= 0.3 is 0 Å². The number of likely N-dealkylation sites (N-methyl/N-ethyl adjacent to an activating group) is 1. The van der Waals surface area contributed by atoms with Crippen molar-refractivity contribution in [2.75, 3.05) is 11.4 Å².